The molecule has 0 fully saturated rings. The highest BCUT2D eigenvalue weighted by Crippen LogP contribution is 2.32. The van der Waals surface area contributed by atoms with Gasteiger partial charge < -0.3 is 14.8 Å². The molecule has 0 unspecified atom stereocenters. The molecular formula is C15H12Cl2N2O5. The molecule has 0 spiro atoms. The Morgan fingerprint density at radius 1 is 1.25 bits per heavy atom. The first-order chi connectivity index (χ1) is 11.4. The fraction of sp³-hybridized carbons (Fsp3) is 0.133. The van der Waals surface area contributed by atoms with Crippen LogP contribution in [-0.4, -0.2) is 24.5 Å². The van der Waals surface area contributed by atoms with Gasteiger partial charge in [0.25, 0.3) is 11.6 Å². The predicted octanol–water partition coefficient (Wildman–Crippen LogP) is 3.93. The summed E-state index contributed by atoms with van der Waals surface area (Å²) in [5, 5.41) is 13.8. The van der Waals surface area contributed by atoms with Gasteiger partial charge in [-0.25, -0.2) is 0 Å². The van der Waals surface area contributed by atoms with Gasteiger partial charge in [-0.1, -0.05) is 29.3 Å². The second-order valence-corrected chi connectivity index (χ2v) is 5.32. The average Bonchev–Trinajstić information content (AvgIpc) is 2.56. The zero-order valence-corrected chi connectivity index (χ0v) is 13.9. The summed E-state index contributed by atoms with van der Waals surface area (Å²) >= 11 is 11.8. The maximum atomic E-state index is 12.0. The summed E-state index contributed by atoms with van der Waals surface area (Å²) in [4.78, 5) is 22.2. The number of rotatable bonds is 6. The van der Waals surface area contributed by atoms with Crippen molar-refractivity contribution in [2.24, 2.45) is 0 Å². The average molecular weight is 371 g/mol. The molecule has 126 valence electrons. The molecule has 0 heterocycles. The Kier molecular flexibility index (Phi) is 5.83. The van der Waals surface area contributed by atoms with Gasteiger partial charge >= 0.3 is 0 Å². The van der Waals surface area contributed by atoms with Crippen molar-refractivity contribution < 1.29 is 19.2 Å². The van der Waals surface area contributed by atoms with Gasteiger partial charge in [-0.3, -0.25) is 14.9 Å². The van der Waals surface area contributed by atoms with Crippen molar-refractivity contribution in [1.29, 1.82) is 0 Å². The maximum absolute atomic E-state index is 12.0. The Bertz CT molecular complexity index is 782. The summed E-state index contributed by atoms with van der Waals surface area (Å²) in [6.45, 7) is -0.355. The number of halogens is 2. The minimum atomic E-state index is -0.572. The lowest BCUT2D eigenvalue weighted by molar-refractivity contribution is -0.384. The number of nitro benzene ring substituents is 1. The van der Waals surface area contributed by atoms with Crippen LogP contribution < -0.4 is 14.8 Å². The standard InChI is InChI=1S/C15H12Cl2N2O5/c1-23-12-6-5-9(19(21)22)7-11(12)18-14(20)8-24-13-4-2-3-10(16)15(13)17/h2-7H,8H2,1H3,(H,18,20). The molecule has 0 aliphatic rings. The zero-order valence-electron chi connectivity index (χ0n) is 12.4. The number of nitrogens with one attached hydrogen (secondary N) is 1. The van der Waals surface area contributed by atoms with Crippen LogP contribution in [0.1, 0.15) is 0 Å². The van der Waals surface area contributed by atoms with E-state index in [1.54, 1.807) is 18.2 Å². The van der Waals surface area contributed by atoms with Crippen molar-refractivity contribution in [3.63, 3.8) is 0 Å². The van der Waals surface area contributed by atoms with E-state index >= 15 is 0 Å². The quantitative estimate of drug-likeness (QED) is 0.614. The second-order valence-electron chi connectivity index (χ2n) is 4.53. The molecule has 0 radical (unpaired) electrons. The zero-order chi connectivity index (χ0) is 17.7. The van der Waals surface area contributed by atoms with Gasteiger partial charge in [0.05, 0.1) is 22.7 Å². The number of benzene rings is 2. The third-order valence-corrected chi connectivity index (χ3v) is 3.74. The van der Waals surface area contributed by atoms with Crippen LogP contribution in [0, 0.1) is 10.1 Å². The van der Waals surface area contributed by atoms with E-state index in [0.29, 0.717) is 5.02 Å². The highest BCUT2D eigenvalue weighted by atomic mass is 35.5. The minimum Gasteiger partial charge on any atom is -0.495 e. The fourth-order valence-corrected chi connectivity index (χ4v) is 2.18. The molecule has 0 bridgehead atoms. The number of carbonyl (C=O) groups excluding carboxylic acids is 1. The fourth-order valence-electron chi connectivity index (χ4n) is 1.83. The van der Waals surface area contributed by atoms with Gasteiger partial charge in [0.15, 0.2) is 6.61 Å². The highest BCUT2D eigenvalue weighted by Gasteiger charge is 2.14. The molecule has 2 aromatic carbocycles. The van der Waals surface area contributed by atoms with E-state index in [0.717, 1.165) is 0 Å². The van der Waals surface area contributed by atoms with Crippen molar-refractivity contribution >= 4 is 40.5 Å². The third kappa shape index (κ3) is 4.27. The van der Waals surface area contributed by atoms with Gasteiger partial charge in [0.2, 0.25) is 0 Å². The number of non-ortho nitro benzene ring substituents is 1. The van der Waals surface area contributed by atoms with Crippen molar-refractivity contribution in [3.8, 4) is 11.5 Å². The molecule has 0 saturated heterocycles. The van der Waals surface area contributed by atoms with Crippen LogP contribution in [0.15, 0.2) is 36.4 Å². The molecule has 0 saturated carbocycles. The van der Waals surface area contributed by atoms with E-state index in [-0.39, 0.29) is 34.5 Å². The highest BCUT2D eigenvalue weighted by molar-refractivity contribution is 6.42. The third-order valence-electron chi connectivity index (χ3n) is 2.94. The monoisotopic (exact) mass is 370 g/mol. The first-order valence-electron chi connectivity index (χ1n) is 6.61. The lowest BCUT2D eigenvalue weighted by Gasteiger charge is -2.11. The van der Waals surface area contributed by atoms with Gasteiger partial charge in [0.1, 0.15) is 16.5 Å². The lowest BCUT2D eigenvalue weighted by Crippen LogP contribution is -2.20. The topological polar surface area (TPSA) is 90.7 Å². The predicted molar refractivity (Wildman–Crippen MR) is 90.2 cm³/mol. The van der Waals surface area contributed by atoms with Crippen LogP contribution in [0.5, 0.6) is 11.5 Å². The Morgan fingerprint density at radius 2 is 2.00 bits per heavy atom. The number of methoxy groups -OCH3 is 1. The molecule has 9 heteroatoms. The summed E-state index contributed by atoms with van der Waals surface area (Å²) in [7, 11) is 1.39. The van der Waals surface area contributed by atoms with Crippen LogP contribution in [0.3, 0.4) is 0 Å². The van der Waals surface area contributed by atoms with Crippen LogP contribution in [0.25, 0.3) is 0 Å². The Hall–Kier alpha value is -2.51. The van der Waals surface area contributed by atoms with Gasteiger partial charge in [0, 0.05) is 12.1 Å². The number of ether oxygens (including phenoxy) is 2. The van der Waals surface area contributed by atoms with Crippen LogP contribution in [0.2, 0.25) is 10.0 Å². The molecule has 0 atom stereocenters. The summed E-state index contributed by atoms with van der Waals surface area (Å²) in [5.74, 6) is 0.00454. The SMILES string of the molecule is COc1ccc([N+](=O)[O-])cc1NC(=O)COc1cccc(Cl)c1Cl. The number of nitro groups is 1. The second kappa shape index (κ2) is 7.85. The number of amides is 1. The molecule has 7 nitrogen and oxygen atoms in total. The molecule has 1 amide bonds. The number of anilines is 1. The molecule has 1 N–H and O–H groups in total. The number of hydrogen-bond acceptors (Lipinski definition) is 5. The number of nitrogens with zero attached hydrogens (tertiary/aromatic N) is 1. The maximum Gasteiger partial charge on any atom is 0.271 e. The van der Waals surface area contributed by atoms with E-state index in [2.05, 4.69) is 5.32 Å². The largest absolute Gasteiger partial charge is 0.495 e. The Labute approximate surface area is 147 Å². The molecule has 24 heavy (non-hydrogen) atoms. The summed E-state index contributed by atoms with van der Waals surface area (Å²) in [5.41, 5.74) is -0.0117. The first kappa shape index (κ1) is 17.8. The Morgan fingerprint density at radius 3 is 2.67 bits per heavy atom. The molecule has 0 aliphatic heterocycles. The van der Waals surface area contributed by atoms with E-state index in [1.807, 2.05) is 0 Å². The summed E-state index contributed by atoms with van der Waals surface area (Å²) < 4.78 is 10.4. The van der Waals surface area contributed by atoms with Gasteiger partial charge in [-0.15, -0.1) is 0 Å². The van der Waals surface area contributed by atoms with E-state index in [9.17, 15) is 14.9 Å². The molecular weight excluding hydrogens is 359 g/mol. The molecule has 2 aromatic rings. The number of hydrogen-bond donors (Lipinski definition) is 1. The smallest absolute Gasteiger partial charge is 0.271 e. The molecule has 2 rings (SSSR count). The molecule has 0 aromatic heterocycles. The molecule has 0 aliphatic carbocycles. The van der Waals surface area contributed by atoms with Crippen molar-refractivity contribution in [2.45, 2.75) is 0 Å². The van der Waals surface area contributed by atoms with Crippen LogP contribution >= 0.6 is 23.2 Å². The van der Waals surface area contributed by atoms with E-state index in [4.69, 9.17) is 32.7 Å². The lowest BCUT2D eigenvalue weighted by atomic mass is 10.2. The van der Waals surface area contributed by atoms with Crippen LogP contribution in [-0.2, 0) is 4.79 Å². The summed E-state index contributed by atoms with van der Waals surface area (Å²) in [6, 6.07) is 8.65. The first-order valence-corrected chi connectivity index (χ1v) is 7.37. The van der Waals surface area contributed by atoms with Crippen molar-refractivity contribution in [2.75, 3.05) is 19.0 Å². The van der Waals surface area contributed by atoms with Gasteiger partial charge in [-0.2, -0.15) is 0 Å². The number of carbonyl (C=O) groups is 1. The van der Waals surface area contributed by atoms with E-state index < -0.39 is 10.8 Å². The van der Waals surface area contributed by atoms with Crippen molar-refractivity contribution in [3.05, 3.63) is 56.6 Å². The summed E-state index contributed by atoms with van der Waals surface area (Å²) in [6.07, 6.45) is 0. The van der Waals surface area contributed by atoms with Crippen LogP contribution in [0.4, 0.5) is 11.4 Å². The van der Waals surface area contributed by atoms with Gasteiger partial charge in [-0.05, 0) is 18.2 Å². The minimum absolute atomic E-state index is 0.164. The normalized spacial score (nSPS) is 10.1. The van der Waals surface area contributed by atoms with Crippen molar-refractivity contribution in [1.82, 2.24) is 0 Å². The Balaban J connectivity index is 2.08. The van der Waals surface area contributed by atoms with E-state index in [1.165, 1.54) is 25.3 Å².